The van der Waals surface area contributed by atoms with Crippen LogP contribution in [0.4, 0.5) is 0 Å². The van der Waals surface area contributed by atoms with Gasteiger partial charge in [-0.25, -0.2) is 0 Å². The van der Waals surface area contributed by atoms with Gasteiger partial charge in [-0.2, -0.15) is 0 Å². The van der Waals surface area contributed by atoms with Gasteiger partial charge in [-0.3, -0.25) is 0 Å². The van der Waals surface area contributed by atoms with Crippen molar-refractivity contribution in [1.29, 1.82) is 0 Å². The van der Waals surface area contributed by atoms with Gasteiger partial charge in [-0.15, -0.1) is 0 Å². The first kappa shape index (κ1) is 12.4. The van der Waals surface area contributed by atoms with Gasteiger partial charge in [-0.1, -0.05) is 68.5 Å². The number of rotatable bonds is 0. The van der Waals surface area contributed by atoms with Crippen LogP contribution in [0.5, 0.6) is 0 Å². The third-order valence-electron chi connectivity index (χ3n) is 4.40. The molecule has 0 saturated carbocycles. The minimum Gasteiger partial charge on any atom is -0.0722 e. The lowest BCUT2D eigenvalue weighted by molar-refractivity contribution is 1.35. The van der Waals surface area contributed by atoms with Crippen LogP contribution in [-0.2, 0) is 6.42 Å². The molecular weight excluding hydrogens is 252 g/mol. The number of hydrogen-bond donors (Lipinski definition) is 0. The van der Waals surface area contributed by atoms with E-state index in [0.717, 1.165) is 6.42 Å². The maximum absolute atomic E-state index is 2.36. The fourth-order valence-corrected chi connectivity index (χ4v) is 3.59. The van der Waals surface area contributed by atoms with Gasteiger partial charge in [0.25, 0.3) is 0 Å². The fraction of sp³-hybridized carbons (Fsp3) is 0.143. The molecule has 0 heterocycles. The lowest BCUT2D eigenvalue weighted by Gasteiger charge is -2.16. The Hall–Kier alpha value is -2.34. The summed E-state index contributed by atoms with van der Waals surface area (Å²) >= 11 is 0. The van der Waals surface area contributed by atoms with Crippen LogP contribution in [0.2, 0.25) is 0 Å². The van der Waals surface area contributed by atoms with E-state index in [1.54, 1.807) is 0 Å². The molecule has 0 N–H and O–H groups in total. The summed E-state index contributed by atoms with van der Waals surface area (Å²) in [6.07, 6.45) is 3.42. The third-order valence-corrected chi connectivity index (χ3v) is 4.40. The Morgan fingerprint density at radius 2 is 1.38 bits per heavy atom. The molecular formula is C21H18. The van der Waals surface area contributed by atoms with Crippen molar-refractivity contribution >= 4 is 38.4 Å². The van der Waals surface area contributed by atoms with Crippen LogP contribution >= 0.6 is 0 Å². The molecule has 0 atom stereocenters. The van der Waals surface area contributed by atoms with Crippen LogP contribution in [0.15, 0.2) is 54.6 Å². The van der Waals surface area contributed by atoms with E-state index in [1.165, 1.54) is 43.1 Å². The fourth-order valence-electron chi connectivity index (χ4n) is 3.59. The predicted octanol–water partition coefficient (Wildman–Crippen LogP) is 5.23. The molecule has 1 aliphatic carbocycles. The van der Waals surface area contributed by atoms with E-state index < -0.39 is 0 Å². The van der Waals surface area contributed by atoms with Crippen molar-refractivity contribution in [3.05, 3.63) is 65.4 Å². The molecule has 1 aliphatic rings. The monoisotopic (exact) mass is 270 g/mol. The Labute approximate surface area is 124 Å². The number of benzene rings is 4. The molecule has 0 saturated heterocycles. The molecule has 0 unspecified atom stereocenters. The highest BCUT2D eigenvalue weighted by molar-refractivity contribution is 6.22. The van der Waals surface area contributed by atoms with Crippen LogP contribution in [0, 0.1) is 0 Å². The van der Waals surface area contributed by atoms with Gasteiger partial charge >= 0.3 is 0 Å². The summed E-state index contributed by atoms with van der Waals surface area (Å²) < 4.78 is 0. The van der Waals surface area contributed by atoms with Gasteiger partial charge < -0.3 is 0 Å². The average Bonchev–Trinajstić information content (AvgIpc) is 2.56. The molecule has 0 aromatic heterocycles. The molecule has 5 rings (SSSR count). The Morgan fingerprint density at radius 3 is 2.24 bits per heavy atom. The van der Waals surface area contributed by atoms with Gasteiger partial charge in [0.05, 0.1) is 0 Å². The van der Waals surface area contributed by atoms with Crippen molar-refractivity contribution < 1.29 is 0 Å². The summed E-state index contributed by atoms with van der Waals surface area (Å²) in [5.74, 6) is 0. The van der Waals surface area contributed by atoms with Crippen LogP contribution < -0.4 is 5.22 Å². The van der Waals surface area contributed by atoms with Gasteiger partial charge in [0.15, 0.2) is 0 Å². The van der Waals surface area contributed by atoms with E-state index in [0.29, 0.717) is 0 Å². The van der Waals surface area contributed by atoms with Crippen LogP contribution in [0.25, 0.3) is 38.4 Å². The zero-order valence-corrected chi connectivity index (χ0v) is 12.5. The second-order valence-electron chi connectivity index (χ2n) is 5.41. The van der Waals surface area contributed by atoms with E-state index in [4.69, 9.17) is 0 Å². The van der Waals surface area contributed by atoms with Crippen LogP contribution in [0.3, 0.4) is 0 Å². The maximum atomic E-state index is 2.36. The minimum absolute atomic E-state index is 1.05. The third kappa shape index (κ3) is 1.62. The Bertz CT molecular complexity index is 1020. The molecule has 0 bridgehead atoms. The first-order chi connectivity index (χ1) is 10.4. The summed E-state index contributed by atoms with van der Waals surface area (Å²) in [6.45, 7) is 4.00. The summed E-state index contributed by atoms with van der Waals surface area (Å²) in [5.41, 5.74) is 1.46. The van der Waals surface area contributed by atoms with Crippen molar-refractivity contribution in [3.63, 3.8) is 0 Å². The standard InChI is InChI=1S/C19H12.C2H6/c1-3-12-7-9-14-10-8-13-4-2-6-16-11-15(5-1)17(12)19(14)18(13)16;1-2/h1-7,9-11H,8H2;1-2H3. The number of hydrogen-bond acceptors (Lipinski definition) is 0. The van der Waals surface area contributed by atoms with Crippen LogP contribution in [0.1, 0.15) is 19.4 Å². The van der Waals surface area contributed by atoms with Crippen molar-refractivity contribution in [2.75, 3.05) is 0 Å². The largest absolute Gasteiger partial charge is 0.0722 e. The molecule has 21 heavy (non-hydrogen) atoms. The average molecular weight is 270 g/mol. The van der Waals surface area contributed by atoms with E-state index in [2.05, 4.69) is 60.7 Å². The van der Waals surface area contributed by atoms with Gasteiger partial charge in [-0.05, 0) is 55.6 Å². The van der Waals surface area contributed by atoms with E-state index in [1.807, 2.05) is 13.8 Å². The molecule has 0 radical (unpaired) electrons. The van der Waals surface area contributed by atoms with Crippen molar-refractivity contribution in [2.24, 2.45) is 0 Å². The normalized spacial score (nSPS) is 12.5. The zero-order valence-electron chi connectivity index (χ0n) is 12.5. The molecule has 0 spiro atoms. The zero-order chi connectivity index (χ0) is 14.4. The van der Waals surface area contributed by atoms with E-state index in [9.17, 15) is 0 Å². The smallest absolute Gasteiger partial charge is 0.00210 e. The molecule has 4 aromatic carbocycles. The minimum atomic E-state index is 1.05. The van der Waals surface area contributed by atoms with E-state index >= 15 is 0 Å². The van der Waals surface area contributed by atoms with Crippen LogP contribution in [-0.4, -0.2) is 0 Å². The molecule has 0 heteroatoms. The first-order valence-electron chi connectivity index (χ1n) is 7.78. The van der Waals surface area contributed by atoms with Crippen molar-refractivity contribution in [1.82, 2.24) is 0 Å². The molecule has 0 amide bonds. The highest BCUT2D eigenvalue weighted by Crippen LogP contribution is 2.34. The maximum Gasteiger partial charge on any atom is -0.00210 e. The molecule has 0 nitrogen and oxygen atoms in total. The lowest BCUT2D eigenvalue weighted by Crippen LogP contribution is -2.08. The van der Waals surface area contributed by atoms with Crippen molar-refractivity contribution in [2.45, 2.75) is 20.3 Å². The Morgan fingerprint density at radius 1 is 0.667 bits per heavy atom. The second-order valence-corrected chi connectivity index (χ2v) is 5.41. The topological polar surface area (TPSA) is 0 Å². The van der Waals surface area contributed by atoms with Gasteiger partial charge in [0.1, 0.15) is 0 Å². The molecule has 102 valence electrons. The van der Waals surface area contributed by atoms with Crippen molar-refractivity contribution in [3.8, 4) is 0 Å². The quantitative estimate of drug-likeness (QED) is 0.303. The summed E-state index contributed by atoms with van der Waals surface area (Å²) in [4.78, 5) is 0. The molecule has 4 aromatic rings. The van der Waals surface area contributed by atoms with Gasteiger partial charge in [0, 0.05) is 0 Å². The molecule has 0 fully saturated rings. The Balaban J connectivity index is 0.000000555. The highest BCUT2D eigenvalue weighted by atomic mass is 14.2. The predicted molar refractivity (Wildman–Crippen MR) is 93.7 cm³/mol. The highest BCUT2D eigenvalue weighted by Gasteiger charge is 2.13. The lowest BCUT2D eigenvalue weighted by atomic mass is 9.88. The first-order valence-corrected chi connectivity index (χ1v) is 7.78. The Kier molecular flexibility index (Phi) is 2.71. The van der Waals surface area contributed by atoms with E-state index in [-0.39, 0.29) is 0 Å². The summed E-state index contributed by atoms with van der Waals surface area (Å²) in [6, 6.07) is 20.1. The van der Waals surface area contributed by atoms with Gasteiger partial charge in [0.2, 0.25) is 0 Å². The second kappa shape index (κ2) is 4.60. The molecule has 0 aliphatic heterocycles. The SMILES string of the molecule is C1=c2ccc3cccc4cc5cccc(c5c2c34)C1.CC. The summed E-state index contributed by atoms with van der Waals surface area (Å²) in [7, 11) is 0. The summed E-state index contributed by atoms with van der Waals surface area (Å²) in [5, 5.41) is 9.82.